The van der Waals surface area contributed by atoms with Gasteiger partial charge in [-0.3, -0.25) is 4.79 Å². The van der Waals surface area contributed by atoms with Crippen LogP contribution in [0.5, 0.6) is 0 Å². The molecule has 1 aliphatic rings. The van der Waals surface area contributed by atoms with Crippen LogP contribution in [0.4, 0.5) is 0 Å². The van der Waals surface area contributed by atoms with Crippen molar-refractivity contribution in [1.82, 2.24) is 14.9 Å². The summed E-state index contributed by atoms with van der Waals surface area (Å²) in [6.45, 7) is 0.391. The van der Waals surface area contributed by atoms with Gasteiger partial charge in [-0.1, -0.05) is 19.3 Å². The summed E-state index contributed by atoms with van der Waals surface area (Å²) in [7, 11) is 1.67. The molecule has 0 aromatic carbocycles. The Morgan fingerprint density at radius 3 is 2.94 bits per heavy atom. The highest BCUT2D eigenvalue weighted by Crippen LogP contribution is 2.31. The average molecular weight is 221 g/mol. The number of hydrogen-bond acceptors (Lipinski definition) is 2. The van der Waals surface area contributed by atoms with Crippen LogP contribution in [0.2, 0.25) is 0 Å². The van der Waals surface area contributed by atoms with Crippen LogP contribution in [0, 0.1) is 0 Å². The molecular formula is C12H19N3O. The molecule has 0 saturated heterocycles. The van der Waals surface area contributed by atoms with Crippen LogP contribution in [0.3, 0.4) is 0 Å². The van der Waals surface area contributed by atoms with E-state index >= 15 is 0 Å². The van der Waals surface area contributed by atoms with Crippen LogP contribution in [0.1, 0.15) is 43.8 Å². The molecule has 88 valence electrons. The van der Waals surface area contributed by atoms with E-state index in [9.17, 15) is 4.79 Å². The first kappa shape index (κ1) is 11.2. The third-order valence-electron chi connectivity index (χ3n) is 3.31. The normalized spacial score (nSPS) is 17.3. The number of amides is 1. The van der Waals surface area contributed by atoms with Crippen LogP contribution < -0.4 is 5.32 Å². The number of nitrogens with one attached hydrogen (secondary N) is 1. The number of rotatable bonds is 3. The van der Waals surface area contributed by atoms with E-state index in [0.29, 0.717) is 12.5 Å². The number of aromatic nitrogens is 2. The molecule has 0 radical (unpaired) electrons. The fourth-order valence-corrected chi connectivity index (χ4v) is 2.41. The molecule has 2 rings (SSSR count). The number of carbonyl (C=O) groups is 1. The van der Waals surface area contributed by atoms with Crippen LogP contribution in [-0.2, 0) is 11.3 Å². The van der Waals surface area contributed by atoms with Gasteiger partial charge in [-0.05, 0) is 12.8 Å². The van der Waals surface area contributed by atoms with Crippen molar-refractivity contribution in [2.45, 2.75) is 44.6 Å². The molecule has 1 N–H and O–H groups in total. The lowest BCUT2D eigenvalue weighted by Gasteiger charge is -2.21. The van der Waals surface area contributed by atoms with Crippen molar-refractivity contribution in [3.8, 4) is 0 Å². The molecule has 16 heavy (non-hydrogen) atoms. The minimum atomic E-state index is 0.0371. The Balaban J connectivity index is 2.08. The second-order valence-electron chi connectivity index (χ2n) is 4.42. The van der Waals surface area contributed by atoms with Gasteiger partial charge < -0.3 is 9.88 Å². The Kier molecular flexibility index (Phi) is 3.59. The highest BCUT2D eigenvalue weighted by atomic mass is 16.1. The molecule has 1 saturated carbocycles. The van der Waals surface area contributed by atoms with Crippen LogP contribution in [-0.4, -0.2) is 22.5 Å². The molecular weight excluding hydrogens is 202 g/mol. The van der Waals surface area contributed by atoms with Crippen molar-refractivity contribution >= 4 is 5.91 Å². The van der Waals surface area contributed by atoms with E-state index in [1.165, 1.54) is 32.1 Å². The molecule has 0 atom stereocenters. The van der Waals surface area contributed by atoms with Crippen molar-refractivity contribution in [1.29, 1.82) is 0 Å². The molecule has 1 aliphatic carbocycles. The van der Waals surface area contributed by atoms with E-state index in [-0.39, 0.29) is 5.91 Å². The summed E-state index contributed by atoms with van der Waals surface area (Å²) in [6, 6.07) is 0. The zero-order valence-corrected chi connectivity index (χ0v) is 9.78. The van der Waals surface area contributed by atoms with Crippen molar-refractivity contribution in [2.24, 2.45) is 0 Å². The fourth-order valence-electron chi connectivity index (χ4n) is 2.41. The maximum atomic E-state index is 11.4. The first-order valence-electron chi connectivity index (χ1n) is 6.03. The maximum Gasteiger partial charge on any atom is 0.239 e. The average Bonchev–Trinajstić information content (AvgIpc) is 2.78. The second-order valence-corrected chi connectivity index (χ2v) is 4.42. The van der Waals surface area contributed by atoms with Gasteiger partial charge in [-0.25, -0.2) is 4.98 Å². The van der Waals surface area contributed by atoms with E-state index in [0.717, 1.165) is 5.82 Å². The highest BCUT2D eigenvalue weighted by Gasteiger charge is 2.20. The molecule has 1 amide bonds. The molecule has 0 aliphatic heterocycles. The first-order valence-corrected chi connectivity index (χ1v) is 6.03. The van der Waals surface area contributed by atoms with Gasteiger partial charge in [0.2, 0.25) is 5.91 Å². The second kappa shape index (κ2) is 5.14. The zero-order valence-electron chi connectivity index (χ0n) is 9.78. The lowest BCUT2D eigenvalue weighted by Crippen LogP contribution is -2.25. The third kappa shape index (κ3) is 2.43. The Morgan fingerprint density at radius 1 is 1.50 bits per heavy atom. The summed E-state index contributed by atoms with van der Waals surface area (Å²) in [5, 5.41) is 2.65. The molecule has 0 spiro atoms. The van der Waals surface area contributed by atoms with Gasteiger partial charge >= 0.3 is 0 Å². The standard InChI is InChI=1S/C12H19N3O/c1-13-11(16)9-15-8-7-14-12(15)10-5-3-2-4-6-10/h7-8,10H,2-6,9H2,1H3,(H,13,16). The van der Waals surface area contributed by atoms with Crippen molar-refractivity contribution in [3.05, 3.63) is 18.2 Å². The number of nitrogens with zero attached hydrogens (tertiary/aromatic N) is 2. The fraction of sp³-hybridized carbons (Fsp3) is 0.667. The quantitative estimate of drug-likeness (QED) is 0.844. The van der Waals surface area contributed by atoms with Gasteiger partial charge in [-0.15, -0.1) is 0 Å². The van der Waals surface area contributed by atoms with Gasteiger partial charge in [0.1, 0.15) is 12.4 Å². The van der Waals surface area contributed by atoms with E-state index < -0.39 is 0 Å². The minimum Gasteiger partial charge on any atom is -0.358 e. The van der Waals surface area contributed by atoms with E-state index in [2.05, 4.69) is 10.3 Å². The predicted molar refractivity (Wildman–Crippen MR) is 62.1 cm³/mol. The Bertz CT molecular complexity index is 353. The van der Waals surface area contributed by atoms with Gasteiger partial charge in [0.05, 0.1) is 0 Å². The van der Waals surface area contributed by atoms with Crippen molar-refractivity contribution in [3.63, 3.8) is 0 Å². The highest BCUT2D eigenvalue weighted by molar-refractivity contribution is 5.75. The lowest BCUT2D eigenvalue weighted by molar-refractivity contribution is -0.121. The van der Waals surface area contributed by atoms with E-state index in [1.54, 1.807) is 13.2 Å². The van der Waals surface area contributed by atoms with Gasteiger partial charge in [0.15, 0.2) is 0 Å². The molecule has 0 unspecified atom stereocenters. The number of carbonyl (C=O) groups excluding carboxylic acids is 1. The summed E-state index contributed by atoms with van der Waals surface area (Å²) < 4.78 is 1.98. The minimum absolute atomic E-state index is 0.0371. The molecule has 1 aromatic heterocycles. The van der Waals surface area contributed by atoms with Gasteiger partial charge in [0.25, 0.3) is 0 Å². The Labute approximate surface area is 96.1 Å². The number of hydrogen-bond donors (Lipinski definition) is 1. The SMILES string of the molecule is CNC(=O)Cn1ccnc1C1CCCCC1. The largest absolute Gasteiger partial charge is 0.358 e. The lowest BCUT2D eigenvalue weighted by atomic mass is 9.88. The summed E-state index contributed by atoms with van der Waals surface area (Å²) in [5.74, 6) is 1.67. The van der Waals surface area contributed by atoms with E-state index in [4.69, 9.17) is 0 Å². The summed E-state index contributed by atoms with van der Waals surface area (Å²) in [4.78, 5) is 15.8. The molecule has 4 nitrogen and oxygen atoms in total. The van der Waals surface area contributed by atoms with Crippen LogP contribution in [0.15, 0.2) is 12.4 Å². The molecule has 1 fully saturated rings. The molecule has 1 aromatic rings. The predicted octanol–water partition coefficient (Wildman–Crippen LogP) is 1.68. The maximum absolute atomic E-state index is 11.4. The smallest absolute Gasteiger partial charge is 0.239 e. The van der Waals surface area contributed by atoms with Crippen LogP contribution in [0.25, 0.3) is 0 Å². The number of imidazole rings is 1. The molecule has 0 bridgehead atoms. The Hall–Kier alpha value is -1.32. The van der Waals surface area contributed by atoms with Gasteiger partial charge in [0, 0.05) is 25.4 Å². The first-order chi connectivity index (χ1) is 7.81. The summed E-state index contributed by atoms with van der Waals surface area (Å²) in [5.41, 5.74) is 0. The summed E-state index contributed by atoms with van der Waals surface area (Å²) in [6.07, 6.45) is 10.0. The summed E-state index contributed by atoms with van der Waals surface area (Å²) >= 11 is 0. The van der Waals surface area contributed by atoms with Crippen LogP contribution >= 0.6 is 0 Å². The molecule has 1 heterocycles. The van der Waals surface area contributed by atoms with Gasteiger partial charge in [-0.2, -0.15) is 0 Å². The number of likely N-dealkylation sites (N-methyl/N-ethyl adjacent to an activating group) is 1. The topological polar surface area (TPSA) is 46.9 Å². The zero-order chi connectivity index (χ0) is 11.4. The van der Waals surface area contributed by atoms with Crippen molar-refractivity contribution in [2.75, 3.05) is 7.05 Å². The Morgan fingerprint density at radius 2 is 2.25 bits per heavy atom. The monoisotopic (exact) mass is 221 g/mol. The van der Waals surface area contributed by atoms with Crippen molar-refractivity contribution < 1.29 is 4.79 Å². The third-order valence-corrected chi connectivity index (χ3v) is 3.31. The molecule has 4 heteroatoms. The van der Waals surface area contributed by atoms with E-state index in [1.807, 2.05) is 10.8 Å².